The van der Waals surface area contributed by atoms with Gasteiger partial charge in [0.05, 0.1) is 5.75 Å². The fraction of sp³-hybridized carbons (Fsp3) is 0.222. The van der Waals surface area contributed by atoms with E-state index in [0.29, 0.717) is 4.90 Å². The van der Waals surface area contributed by atoms with Crippen LogP contribution in [0.2, 0.25) is 0 Å². The van der Waals surface area contributed by atoms with E-state index in [1.807, 2.05) is 0 Å². The van der Waals surface area contributed by atoms with Gasteiger partial charge in [-0.1, -0.05) is 0 Å². The number of thioether (sulfide) groups is 1. The molecule has 0 aliphatic rings. The molecule has 70 valence electrons. The minimum absolute atomic E-state index is 0.00901. The molecule has 0 saturated heterocycles. The first-order valence-electron chi connectivity index (χ1n) is 3.67. The minimum atomic E-state index is -0.881. The molecular formula is C9H8F2OS. The summed E-state index contributed by atoms with van der Waals surface area (Å²) in [6.07, 6.45) is 0. The van der Waals surface area contributed by atoms with E-state index >= 15 is 0 Å². The molecule has 13 heavy (non-hydrogen) atoms. The van der Waals surface area contributed by atoms with Crippen molar-refractivity contribution in [1.29, 1.82) is 0 Å². The van der Waals surface area contributed by atoms with Gasteiger partial charge in [0.25, 0.3) is 0 Å². The minimum Gasteiger partial charge on any atom is -0.299 e. The zero-order valence-corrected chi connectivity index (χ0v) is 7.83. The van der Waals surface area contributed by atoms with Gasteiger partial charge in [-0.05, 0) is 25.1 Å². The second-order valence-corrected chi connectivity index (χ2v) is 3.62. The van der Waals surface area contributed by atoms with E-state index in [2.05, 4.69) is 0 Å². The van der Waals surface area contributed by atoms with Crippen LogP contribution in [0.1, 0.15) is 6.92 Å². The molecule has 1 nitrogen and oxygen atoms in total. The summed E-state index contributed by atoms with van der Waals surface area (Å²) in [6.45, 7) is 1.45. The lowest BCUT2D eigenvalue weighted by Crippen LogP contribution is -1.93. The normalized spacial score (nSPS) is 10.1. The number of rotatable bonds is 3. The van der Waals surface area contributed by atoms with Crippen LogP contribution in [-0.2, 0) is 4.79 Å². The van der Waals surface area contributed by atoms with Crippen molar-refractivity contribution in [3.63, 3.8) is 0 Å². The molecule has 0 atom stereocenters. The molecule has 0 aliphatic carbocycles. The van der Waals surface area contributed by atoms with Gasteiger partial charge in [-0.15, -0.1) is 11.8 Å². The molecule has 0 N–H and O–H groups in total. The van der Waals surface area contributed by atoms with Crippen LogP contribution in [0.15, 0.2) is 23.1 Å². The van der Waals surface area contributed by atoms with E-state index in [9.17, 15) is 13.6 Å². The average Bonchev–Trinajstić information content (AvgIpc) is 2.07. The Morgan fingerprint density at radius 1 is 1.38 bits per heavy atom. The van der Waals surface area contributed by atoms with Crippen LogP contribution in [0.25, 0.3) is 0 Å². The Balaban J connectivity index is 2.68. The molecule has 0 saturated carbocycles. The Kier molecular flexibility index (Phi) is 3.42. The first-order chi connectivity index (χ1) is 6.09. The van der Waals surface area contributed by atoms with Crippen molar-refractivity contribution in [2.24, 2.45) is 0 Å². The smallest absolute Gasteiger partial charge is 0.159 e. The van der Waals surface area contributed by atoms with Crippen LogP contribution >= 0.6 is 11.8 Å². The predicted molar refractivity (Wildman–Crippen MR) is 47.8 cm³/mol. The average molecular weight is 202 g/mol. The van der Waals surface area contributed by atoms with E-state index < -0.39 is 11.6 Å². The van der Waals surface area contributed by atoms with Gasteiger partial charge in [0.1, 0.15) is 5.78 Å². The highest BCUT2D eigenvalue weighted by Crippen LogP contribution is 2.19. The van der Waals surface area contributed by atoms with Gasteiger partial charge in [-0.2, -0.15) is 0 Å². The molecule has 1 rings (SSSR count). The fourth-order valence-electron chi connectivity index (χ4n) is 0.752. The van der Waals surface area contributed by atoms with Crippen LogP contribution in [0.5, 0.6) is 0 Å². The maximum absolute atomic E-state index is 12.6. The summed E-state index contributed by atoms with van der Waals surface area (Å²) >= 11 is 1.20. The lowest BCUT2D eigenvalue weighted by Gasteiger charge is -1.99. The number of carbonyl (C=O) groups excluding carboxylic acids is 1. The van der Waals surface area contributed by atoms with Crippen molar-refractivity contribution in [3.05, 3.63) is 29.8 Å². The molecule has 1 aromatic rings. The van der Waals surface area contributed by atoms with Gasteiger partial charge in [-0.25, -0.2) is 8.78 Å². The largest absolute Gasteiger partial charge is 0.299 e. The molecule has 1 aromatic carbocycles. The van der Waals surface area contributed by atoms with Crippen molar-refractivity contribution >= 4 is 17.5 Å². The lowest BCUT2D eigenvalue weighted by atomic mass is 10.3. The van der Waals surface area contributed by atoms with Gasteiger partial charge in [0.15, 0.2) is 11.6 Å². The number of hydrogen-bond acceptors (Lipinski definition) is 2. The molecular weight excluding hydrogens is 194 g/mol. The highest BCUT2D eigenvalue weighted by atomic mass is 32.2. The number of halogens is 2. The van der Waals surface area contributed by atoms with Gasteiger partial charge >= 0.3 is 0 Å². The Bertz CT molecular complexity index is 325. The SMILES string of the molecule is CC(=O)CSc1ccc(F)c(F)c1. The molecule has 0 unspecified atom stereocenters. The number of ketones is 1. The van der Waals surface area contributed by atoms with Crippen molar-refractivity contribution in [2.75, 3.05) is 5.75 Å². The zero-order valence-electron chi connectivity index (χ0n) is 7.01. The second kappa shape index (κ2) is 4.37. The maximum atomic E-state index is 12.6. The second-order valence-electron chi connectivity index (χ2n) is 2.57. The molecule has 0 amide bonds. The van der Waals surface area contributed by atoms with Crippen LogP contribution < -0.4 is 0 Å². The van der Waals surface area contributed by atoms with Crippen molar-refractivity contribution < 1.29 is 13.6 Å². The Labute approximate surface area is 79.1 Å². The fourth-order valence-corrected chi connectivity index (χ4v) is 1.47. The lowest BCUT2D eigenvalue weighted by molar-refractivity contribution is -0.114. The van der Waals surface area contributed by atoms with Crippen LogP contribution in [0.3, 0.4) is 0 Å². The van der Waals surface area contributed by atoms with E-state index in [0.717, 1.165) is 12.1 Å². The summed E-state index contributed by atoms with van der Waals surface area (Å²) in [5.41, 5.74) is 0. The van der Waals surface area contributed by atoms with Crippen LogP contribution in [0, 0.1) is 11.6 Å². The number of hydrogen-bond donors (Lipinski definition) is 0. The van der Waals surface area contributed by atoms with Gasteiger partial charge < -0.3 is 0 Å². The Morgan fingerprint density at radius 3 is 2.62 bits per heavy atom. The predicted octanol–water partition coefficient (Wildman–Crippen LogP) is 2.65. The quantitative estimate of drug-likeness (QED) is 0.701. The highest BCUT2D eigenvalue weighted by molar-refractivity contribution is 8.00. The van der Waals surface area contributed by atoms with Crippen LogP contribution in [-0.4, -0.2) is 11.5 Å². The molecule has 0 aliphatic heterocycles. The first kappa shape index (κ1) is 10.2. The standard InChI is InChI=1S/C9H8F2OS/c1-6(12)5-13-7-2-3-8(10)9(11)4-7/h2-4H,5H2,1H3. The van der Waals surface area contributed by atoms with E-state index in [4.69, 9.17) is 0 Å². The number of Topliss-reactive ketones (excluding diaryl/α,β-unsaturated/α-hetero) is 1. The Morgan fingerprint density at radius 2 is 2.08 bits per heavy atom. The number of benzene rings is 1. The van der Waals surface area contributed by atoms with Crippen molar-refractivity contribution in [1.82, 2.24) is 0 Å². The van der Waals surface area contributed by atoms with Gasteiger partial charge in [0, 0.05) is 4.90 Å². The summed E-state index contributed by atoms with van der Waals surface area (Å²) in [5, 5.41) is 0. The van der Waals surface area contributed by atoms with E-state index in [1.165, 1.54) is 24.8 Å². The molecule has 0 bridgehead atoms. The van der Waals surface area contributed by atoms with Crippen LogP contribution in [0.4, 0.5) is 8.78 Å². The third-order valence-electron chi connectivity index (χ3n) is 1.33. The van der Waals surface area contributed by atoms with Gasteiger partial charge in [0.2, 0.25) is 0 Å². The highest BCUT2D eigenvalue weighted by Gasteiger charge is 2.03. The maximum Gasteiger partial charge on any atom is 0.159 e. The summed E-state index contributed by atoms with van der Waals surface area (Å²) in [4.78, 5) is 11.1. The molecule has 0 fully saturated rings. The van der Waals surface area contributed by atoms with Crippen molar-refractivity contribution in [3.8, 4) is 0 Å². The number of carbonyl (C=O) groups is 1. The molecule has 0 spiro atoms. The van der Waals surface area contributed by atoms with E-state index in [-0.39, 0.29) is 11.5 Å². The summed E-state index contributed by atoms with van der Waals surface area (Å²) in [7, 11) is 0. The monoisotopic (exact) mass is 202 g/mol. The molecule has 0 heterocycles. The molecule has 0 radical (unpaired) electrons. The molecule has 0 aromatic heterocycles. The van der Waals surface area contributed by atoms with Crippen molar-refractivity contribution in [2.45, 2.75) is 11.8 Å². The van der Waals surface area contributed by atoms with E-state index in [1.54, 1.807) is 0 Å². The summed E-state index contributed by atoms with van der Waals surface area (Å²) < 4.78 is 25.1. The third kappa shape index (κ3) is 3.14. The topological polar surface area (TPSA) is 17.1 Å². The zero-order chi connectivity index (χ0) is 9.84. The third-order valence-corrected chi connectivity index (χ3v) is 2.47. The first-order valence-corrected chi connectivity index (χ1v) is 4.65. The summed E-state index contributed by atoms with van der Waals surface area (Å²) in [5.74, 6) is -1.46. The Hall–Kier alpha value is -0.900. The summed E-state index contributed by atoms with van der Waals surface area (Å²) in [6, 6.07) is 3.59. The van der Waals surface area contributed by atoms with Gasteiger partial charge in [-0.3, -0.25) is 4.79 Å². The molecule has 4 heteroatoms.